The number of hydrogen-bond acceptors (Lipinski definition) is 3. The van der Waals surface area contributed by atoms with Crippen molar-refractivity contribution in [3.05, 3.63) is 12.2 Å². The highest BCUT2D eigenvalue weighted by molar-refractivity contribution is 6.68. The van der Waals surface area contributed by atoms with Crippen LogP contribution >= 0.6 is 69.6 Å². The van der Waals surface area contributed by atoms with Crippen LogP contribution in [0.2, 0.25) is 0 Å². The van der Waals surface area contributed by atoms with Crippen molar-refractivity contribution >= 4 is 69.6 Å². The number of allylic oxidation sites excluding steroid dienone is 2. The van der Waals surface area contributed by atoms with E-state index in [9.17, 15) is 0 Å². The molecule has 3 fully saturated rings. The fraction of sp³-hybridized carbons (Fsp3) is 0.895. The van der Waals surface area contributed by atoms with Crippen molar-refractivity contribution in [2.75, 3.05) is 0 Å². The minimum absolute atomic E-state index is 0.0780. The second kappa shape index (κ2) is 10.3. The predicted octanol–water partition coefficient (Wildman–Crippen LogP) is 6.43. The van der Waals surface area contributed by atoms with Crippen LogP contribution in [0, 0.1) is 17.8 Å². The molecule has 162 valence electrons. The summed E-state index contributed by atoms with van der Waals surface area (Å²) >= 11 is 36.7. The Morgan fingerprint density at radius 2 is 1.04 bits per heavy atom. The highest BCUT2D eigenvalue weighted by atomic mass is 35.6. The summed E-state index contributed by atoms with van der Waals surface area (Å²) in [4.78, 5) is 0. The van der Waals surface area contributed by atoms with Crippen molar-refractivity contribution in [1.82, 2.24) is 16.0 Å². The third-order valence-corrected chi connectivity index (χ3v) is 7.58. The maximum absolute atomic E-state index is 6.11. The molecule has 1 aliphatic heterocycles. The Morgan fingerprint density at radius 1 is 0.571 bits per heavy atom. The van der Waals surface area contributed by atoms with Crippen LogP contribution in [-0.2, 0) is 0 Å². The second-order valence-electron chi connectivity index (χ2n) is 8.38. The molecule has 3 N–H and O–H groups in total. The van der Waals surface area contributed by atoms with Gasteiger partial charge in [-0.1, -0.05) is 101 Å². The Morgan fingerprint density at radius 3 is 1.50 bits per heavy atom. The molecule has 0 aromatic rings. The molecule has 0 aromatic heterocycles. The van der Waals surface area contributed by atoms with Crippen molar-refractivity contribution in [2.24, 2.45) is 17.8 Å². The van der Waals surface area contributed by atoms with Crippen LogP contribution in [0.15, 0.2) is 12.2 Å². The zero-order chi connectivity index (χ0) is 20.4. The van der Waals surface area contributed by atoms with E-state index in [1.807, 2.05) is 0 Å². The highest BCUT2D eigenvalue weighted by Crippen LogP contribution is 2.38. The third-order valence-electron chi connectivity index (χ3n) is 6.27. The second-order valence-corrected chi connectivity index (χ2v) is 13.1. The van der Waals surface area contributed by atoms with Gasteiger partial charge in [-0.3, -0.25) is 16.0 Å². The lowest BCUT2D eigenvalue weighted by atomic mass is 9.79. The van der Waals surface area contributed by atoms with Gasteiger partial charge in [0.2, 0.25) is 7.59 Å². The third kappa shape index (κ3) is 6.93. The Hall–Kier alpha value is 1.36. The van der Waals surface area contributed by atoms with E-state index >= 15 is 0 Å². The van der Waals surface area contributed by atoms with E-state index < -0.39 is 19.9 Å². The summed E-state index contributed by atoms with van der Waals surface area (Å²) in [5, 5.41) is 9.75. The van der Waals surface area contributed by atoms with Crippen molar-refractivity contribution in [3.63, 3.8) is 0 Å². The van der Waals surface area contributed by atoms with Crippen LogP contribution in [0.3, 0.4) is 0 Å². The SMILES string of the molecule is ClC(Cl)(Cl)C1NC(C2CCC(/C=C/C3CCCCC3)CC2)NC(C(Cl)(Cl)Cl)N1. The lowest BCUT2D eigenvalue weighted by Gasteiger charge is -2.47. The Kier molecular flexibility index (Phi) is 8.85. The molecule has 0 spiro atoms. The monoisotopic (exact) mass is 509 g/mol. The fourth-order valence-electron chi connectivity index (χ4n) is 4.63. The molecule has 1 heterocycles. The molecule has 2 aliphatic carbocycles. The van der Waals surface area contributed by atoms with Crippen LogP contribution < -0.4 is 16.0 Å². The molecule has 3 nitrogen and oxygen atoms in total. The van der Waals surface area contributed by atoms with Gasteiger partial charge >= 0.3 is 0 Å². The minimum atomic E-state index is -1.55. The number of hydrogen-bond donors (Lipinski definition) is 3. The number of halogens is 6. The van der Waals surface area contributed by atoms with E-state index in [4.69, 9.17) is 69.6 Å². The Labute approximate surface area is 198 Å². The number of nitrogens with one attached hydrogen (secondary N) is 3. The number of alkyl halides is 6. The van der Waals surface area contributed by atoms with Crippen LogP contribution in [0.25, 0.3) is 0 Å². The quantitative estimate of drug-likeness (QED) is 0.302. The molecule has 28 heavy (non-hydrogen) atoms. The molecular formula is C19H29Cl6N3. The maximum atomic E-state index is 6.11. The average Bonchev–Trinajstić information content (AvgIpc) is 2.66. The molecule has 2 saturated carbocycles. The van der Waals surface area contributed by atoms with E-state index in [1.165, 1.54) is 32.1 Å². The molecule has 0 bridgehead atoms. The van der Waals surface area contributed by atoms with Crippen molar-refractivity contribution in [2.45, 2.75) is 83.9 Å². The summed E-state index contributed by atoms with van der Waals surface area (Å²) in [5.74, 6) is 1.84. The van der Waals surface area contributed by atoms with E-state index in [0.29, 0.717) is 11.8 Å². The Bertz CT molecular complexity index is 497. The fourth-order valence-corrected chi connectivity index (χ4v) is 5.39. The van der Waals surface area contributed by atoms with Gasteiger partial charge in [0.25, 0.3) is 0 Å². The minimum Gasteiger partial charge on any atom is -0.283 e. The van der Waals surface area contributed by atoms with Gasteiger partial charge in [0, 0.05) is 0 Å². The zero-order valence-corrected chi connectivity index (χ0v) is 20.3. The summed E-state index contributed by atoms with van der Waals surface area (Å²) in [7, 11) is 0. The molecule has 9 heteroatoms. The zero-order valence-electron chi connectivity index (χ0n) is 15.8. The van der Waals surface area contributed by atoms with Crippen LogP contribution in [0.5, 0.6) is 0 Å². The first-order chi connectivity index (χ1) is 13.1. The van der Waals surface area contributed by atoms with E-state index in [1.54, 1.807) is 0 Å². The van der Waals surface area contributed by atoms with Gasteiger partial charge in [-0.05, 0) is 56.3 Å². The van der Waals surface area contributed by atoms with Gasteiger partial charge in [-0.15, -0.1) is 0 Å². The van der Waals surface area contributed by atoms with Crippen LogP contribution in [-0.4, -0.2) is 26.1 Å². The van der Waals surface area contributed by atoms with Crippen molar-refractivity contribution in [3.8, 4) is 0 Å². The summed E-state index contributed by atoms with van der Waals surface area (Å²) < 4.78 is -3.09. The molecule has 2 atom stereocenters. The lowest BCUT2D eigenvalue weighted by Crippen LogP contribution is -2.74. The highest BCUT2D eigenvalue weighted by Gasteiger charge is 2.46. The molecule has 0 radical (unpaired) electrons. The summed E-state index contributed by atoms with van der Waals surface area (Å²) in [5.41, 5.74) is 0. The van der Waals surface area contributed by atoms with Gasteiger partial charge in [0.15, 0.2) is 0 Å². The maximum Gasteiger partial charge on any atom is 0.218 e. The van der Waals surface area contributed by atoms with E-state index in [-0.39, 0.29) is 6.17 Å². The molecule has 2 unspecified atom stereocenters. The predicted molar refractivity (Wildman–Crippen MR) is 123 cm³/mol. The first-order valence-corrected chi connectivity index (χ1v) is 12.5. The van der Waals surface area contributed by atoms with E-state index in [0.717, 1.165) is 31.6 Å². The topological polar surface area (TPSA) is 36.1 Å². The number of rotatable bonds is 3. The van der Waals surface area contributed by atoms with Crippen LogP contribution in [0.4, 0.5) is 0 Å². The molecule has 3 rings (SSSR count). The van der Waals surface area contributed by atoms with Crippen molar-refractivity contribution < 1.29 is 0 Å². The van der Waals surface area contributed by atoms with Gasteiger partial charge in [0.05, 0.1) is 6.17 Å². The molecular weight excluding hydrogens is 483 g/mol. The summed E-state index contributed by atoms with van der Waals surface area (Å²) in [6.45, 7) is 0. The molecule has 1 saturated heterocycles. The molecule has 0 aromatic carbocycles. The molecule has 0 amide bonds. The van der Waals surface area contributed by atoms with Gasteiger partial charge in [0.1, 0.15) is 12.3 Å². The first kappa shape index (κ1) is 24.0. The van der Waals surface area contributed by atoms with Crippen molar-refractivity contribution in [1.29, 1.82) is 0 Å². The first-order valence-electron chi connectivity index (χ1n) is 10.2. The molecule has 3 aliphatic rings. The van der Waals surface area contributed by atoms with Gasteiger partial charge in [-0.2, -0.15) is 0 Å². The summed E-state index contributed by atoms with van der Waals surface area (Å²) in [6.07, 6.45) is 15.0. The van der Waals surface area contributed by atoms with E-state index in [2.05, 4.69) is 28.1 Å². The van der Waals surface area contributed by atoms with Gasteiger partial charge < -0.3 is 0 Å². The summed E-state index contributed by atoms with van der Waals surface area (Å²) in [6, 6.07) is 0. The largest absolute Gasteiger partial charge is 0.283 e. The normalized spacial score (nSPS) is 36.7. The van der Waals surface area contributed by atoms with Crippen LogP contribution in [0.1, 0.15) is 57.8 Å². The standard InChI is InChI=1S/C19H29Cl6N3/c20-18(21,22)16-26-15(27-17(28-16)19(23,24)25)14-10-8-13(9-11-14)7-6-12-4-2-1-3-5-12/h6-7,12-17,26-28H,1-5,8-11H2/b7-6+. The smallest absolute Gasteiger partial charge is 0.218 e. The average molecular weight is 512 g/mol. The lowest BCUT2D eigenvalue weighted by molar-refractivity contribution is 0.126. The Balaban J connectivity index is 1.55. The van der Waals surface area contributed by atoms with Gasteiger partial charge in [-0.25, -0.2) is 0 Å².